The Kier molecular flexibility index (Phi) is 4.80. The number of hydrogen-bond acceptors (Lipinski definition) is 5. The van der Waals surface area contributed by atoms with E-state index in [1.807, 2.05) is 77.4 Å². The van der Waals surface area contributed by atoms with E-state index in [-0.39, 0.29) is 5.91 Å². The molecular weight excluding hydrogens is 394 g/mol. The van der Waals surface area contributed by atoms with Crippen molar-refractivity contribution in [3.63, 3.8) is 0 Å². The number of hydrogen-bond donors (Lipinski definition) is 1. The van der Waals surface area contributed by atoms with Gasteiger partial charge in [0.25, 0.3) is 0 Å². The normalized spacial score (nSPS) is 14.3. The molecular formula is C23H19N5OS. The average molecular weight is 414 g/mol. The molecule has 0 atom stereocenters. The largest absolute Gasteiger partial charge is 0.325 e. The predicted molar refractivity (Wildman–Crippen MR) is 117 cm³/mol. The van der Waals surface area contributed by atoms with Gasteiger partial charge in [0.1, 0.15) is 4.75 Å². The summed E-state index contributed by atoms with van der Waals surface area (Å²) in [5, 5.41) is 12.6. The molecule has 7 heteroatoms. The minimum absolute atomic E-state index is 0.00627. The molecule has 0 saturated heterocycles. The van der Waals surface area contributed by atoms with Crippen molar-refractivity contribution in [2.45, 2.75) is 22.7 Å². The van der Waals surface area contributed by atoms with Gasteiger partial charge in [0.05, 0.1) is 0 Å². The summed E-state index contributed by atoms with van der Waals surface area (Å²) < 4.78 is 1.49. The number of rotatable bonds is 6. The minimum Gasteiger partial charge on any atom is -0.325 e. The molecule has 2 heterocycles. The van der Waals surface area contributed by atoms with Crippen molar-refractivity contribution in [3.05, 3.63) is 85.2 Å². The van der Waals surface area contributed by atoms with Crippen molar-refractivity contribution in [2.75, 3.05) is 5.32 Å². The molecule has 0 unspecified atom stereocenters. The van der Waals surface area contributed by atoms with Gasteiger partial charge in [0, 0.05) is 29.3 Å². The molecule has 1 fully saturated rings. The molecule has 1 aliphatic carbocycles. The second-order valence-electron chi connectivity index (χ2n) is 7.13. The quantitative estimate of drug-likeness (QED) is 0.500. The average Bonchev–Trinajstić information content (AvgIpc) is 3.47. The number of anilines is 1. The number of carbonyl (C=O) groups is 1. The number of para-hydroxylation sites is 2. The van der Waals surface area contributed by atoms with Crippen LogP contribution in [0.2, 0.25) is 0 Å². The Bertz CT molecular complexity index is 1160. The molecule has 1 saturated carbocycles. The lowest BCUT2D eigenvalue weighted by atomic mass is 10.2. The first-order valence-corrected chi connectivity index (χ1v) is 10.5. The molecule has 0 bridgehead atoms. The molecule has 2 aromatic heterocycles. The van der Waals surface area contributed by atoms with Gasteiger partial charge in [0.2, 0.25) is 5.91 Å². The molecule has 5 rings (SSSR count). The molecule has 0 aliphatic heterocycles. The first-order chi connectivity index (χ1) is 14.8. The topological polar surface area (TPSA) is 72.7 Å². The maximum absolute atomic E-state index is 13.0. The first-order valence-electron chi connectivity index (χ1n) is 9.72. The highest BCUT2D eigenvalue weighted by Gasteiger charge is 2.52. The number of thioether (sulfide) groups is 1. The van der Waals surface area contributed by atoms with Crippen molar-refractivity contribution < 1.29 is 4.79 Å². The second kappa shape index (κ2) is 7.76. The minimum atomic E-state index is -0.523. The number of amides is 1. The Morgan fingerprint density at radius 2 is 1.57 bits per heavy atom. The smallest absolute Gasteiger partial charge is 0.241 e. The van der Waals surface area contributed by atoms with Gasteiger partial charge in [-0.3, -0.25) is 14.3 Å². The van der Waals surface area contributed by atoms with Crippen molar-refractivity contribution in [1.82, 2.24) is 19.7 Å². The fourth-order valence-electron chi connectivity index (χ4n) is 3.26. The molecule has 1 amide bonds. The number of nitrogens with one attached hydrogen (secondary N) is 1. The lowest BCUT2D eigenvalue weighted by molar-refractivity contribution is -0.116. The summed E-state index contributed by atoms with van der Waals surface area (Å²) in [4.78, 5) is 17.1. The van der Waals surface area contributed by atoms with Gasteiger partial charge in [-0.2, -0.15) is 0 Å². The number of nitrogens with zero attached hydrogens (tertiary/aromatic N) is 4. The highest BCUT2D eigenvalue weighted by atomic mass is 32.2. The first kappa shape index (κ1) is 18.6. The standard InChI is InChI=1S/C23H19N5OS/c29-21(25-18-7-3-1-4-8-18)23(13-14-23)30-22-27-26-20(17-11-15-24-16-12-17)28(22)19-9-5-2-6-10-19/h1-12,15-16H,13-14H2,(H,25,29). The van der Waals surface area contributed by atoms with Crippen LogP contribution in [0.3, 0.4) is 0 Å². The Labute approximate surface area is 178 Å². The van der Waals surface area contributed by atoms with Crippen LogP contribution in [0, 0.1) is 0 Å². The summed E-state index contributed by atoms with van der Waals surface area (Å²) in [6, 6.07) is 23.3. The highest BCUT2D eigenvalue weighted by molar-refractivity contribution is 8.01. The van der Waals surface area contributed by atoms with Gasteiger partial charge >= 0.3 is 0 Å². The third-order valence-electron chi connectivity index (χ3n) is 5.02. The SMILES string of the molecule is O=C(Nc1ccccc1)C1(Sc2nnc(-c3ccncc3)n2-c2ccccc2)CC1. The van der Waals surface area contributed by atoms with Gasteiger partial charge in [0.15, 0.2) is 11.0 Å². The zero-order valence-electron chi connectivity index (χ0n) is 16.1. The van der Waals surface area contributed by atoms with E-state index in [1.54, 1.807) is 12.4 Å². The Balaban J connectivity index is 1.49. The van der Waals surface area contributed by atoms with Crippen LogP contribution < -0.4 is 5.32 Å². The van der Waals surface area contributed by atoms with Crippen LogP contribution >= 0.6 is 11.8 Å². The van der Waals surface area contributed by atoms with Crippen LogP contribution in [-0.4, -0.2) is 30.4 Å². The molecule has 1 N–H and O–H groups in total. The van der Waals surface area contributed by atoms with Crippen LogP contribution in [0.1, 0.15) is 12.8 Å². The Hall–Kier alpha value is -3.45. The van der Waals surface area contributed by atoms with Gasteiger partial charge in [-0.25, -0.2) is 0 Å². The summed E-state index contributed by atoms with van der Waals surface area (Å²) in [6.07, 6.45) is 5.09. The molecule has 0 radical (unpaired) electrons. The third kappa shape index (κ3) is 3.59. The fraction of sp³-hybridized carbons (Fsp3) is 0.130. The van der Waals surface area contributed by atoms with Gasteiger partial charge in [-0.1, -0.05) is 48.2 Å². The molecule has 2 aromatic carbocycles. The maximum atomic E-state index is 13.0. The Morgan fingerprint density at radius 3 is 2.23 bits per heavy atom. The van der Waals surface area contributed by atoms with E-state index in [0.717, 1.165) is 35.6 Å². The third-order valence-corrected chi connectivity index (χ3v) is 6.45. The zero-order chi connectivity index (χ0) is 20.4. The van der Waals surface area contributed by atoms with Gasteiger partial charge in [-0.15, -0.1) is 10.2 Å². The lowest BCUT2D eigenvalue weighted by Crippen LogP contribution is -2.27. The number of pyridine rings is 1. The second-order valence-corrected chi connectivity index (χ2v) is 8.48. The van der Waals surface area contributed by atoms with Gasteiger partial charge in [-0.05, 0) is 49.2 Å². The predicted octanol–water partition coefficient (Wildman–Crippen LogP) is 4.59. The molecule has 6 nitrogen and oxygen atoms in total. The lowest BCUT2D eigenvalue weighted by Gasteiger charge is -2.16. The van der Waals surface area contributed by atoms with Crippen LogP contribution in [0.4, 0.5) is 5.69 Å². The summed E-state index contributed by atoms with van der Waals surface area (Å²) in [7, 11) is 0. The zero-order valence-corrected chi connectivity index (χ0v) is 16.9. The van der Waals surface area contributed by atoms with Crippen molar-refractivity contribution in [1.29, 1.82) is 0 Å². The molecule has 148 valence electrons. The monoisotopic (exact) mass is 413 g/mol. The van der Waals surface area contributed by atoms with Crippen molar-refractivity contribution in [2.24, 2.45) is 0 Å². The summed E-state index contributed by atoms with van der Waals surface area (Å²) in [6.45, 7) is 0. The number of benzene rings is 2. The molecule has 1 aliphatic rings. The maximum Gasteiger partial charge on any atom is 0.241 e. The van der Waals surface area contributed by atoms with E-state index in [1.165, 1.54) is 11.8 Å². The van der Waals surface area contributed by atoms with E-state index in [2.05, 4.69) is 20.5 Å². The van der Waals surface area contributed by atoms with E-state index in [9.17, 15) is 4.79 Å². The highest BCUT2D eigenvalue weighted by Crippen LogP contribution is 2.52. The summed E-state index contributed by atoms with van der Waals surface area (Å²) in [5.41, 5.74) is 2.68. The Morgan fingerprint density at radius 1 is 0.900 bits per heavy atom. The van der Waals surface area contributed by atoms with E-state index in [4.69, 9.17) is 0 Å². The molecule has 4 aromatic rings. The van der Waals surface area contributed by atoms with E-state index < -0.39 is 4.75 Å². The van der Waals surface area contributed by atoms with Crippen molar-refractivity contribution in [3.8, 4) is 17.1 Å². The van der Waals surface area contributed by atoms with Crippen LogP contribution in [0.5, 0.6) is 0 Å². The number of carbonyl (C=O) groups excluding carboxylic acids is 1. The number of aromatic nitrogens is 4. The van der Waals surface area contributed by atoms with Gasteiger partial charge < -0.3 is 5.32 Å². The van der Waals surface area contributed by atoms with E-state index >= 15 is 0 Å². The van der Waals surface area contributed by atoms with Crippen LogP contribution in [0.25, 0.3) is 17.1 Å². The van der Waals surface area contributed by atoms with Crippen LogP contribution in [-0.2, 0) is 4.79 Å². The van der Waals surface area contributed by atoms with Crippen molar-refractivity contribution >= 4 is 23.4 Å². The van der Waals surface area contributed by atoms with E-state index in [0.29, 0.717) is 5.16 Å². The molecule has 30 heavy (non-hydrogen) atoms. The summed E-state index contributed by atoms with van der Waals surface area (Å²) in [5.74, 6) is 0.733. The molecule has 0 spiro atoms. The van der Waals surface area contributed by atoms with Crippen LogP contribution in [0.15, 0.2) is 90.3 Å². The fourth-order valence-corrected chi connectivity index (χ4v) is 4.43. The summed E-state index contributed by atoms with van der Waals surface area (Å²) >= 11 is 1.48.